The van der Waals surface area contributed by atoms with Crippen molar-refractivity contribution >= 4 is 41.0 Å². The second-order valence-electron chi connectivity index (χ2n) is 6.99. The minimum atomic E-state index is -0.547. The van der Waals surface area contributed by atoms with Gasteiger partial charge in [0.05, 0.1) is 40.7 Å². The zero-order valence-electron chi connectivity index (χ0n) is 19.6. The lowest BCUT2D eigenvalue weighted by molar-refractivity contribution is -0.140. The van der Waals surface area contributed by atoms with Gasteiger partial charge in [-0.1, -0.05) is 0 Å². The van der Waals surface area contributed by atoms with Crippen molar-refractivity contribution in [1.82, 2.24) is 4.90 Å². The zero-order valence-corrected chi connectivity index (χ0v) is 20.4. The first-order valence-electron chi connectivity index (χ1n) is 10.4. The van der Waals surface area contributed by atoms with Crippen LogP contribution < -0.4 is 23.8 Å². The van der Waals surface area contributed by atoms with Crippen LogP contribution in [0.3, 0.4) is 0 Å². The van der Waals surface area contributed by atoms with Gasteiger partial charge in [0.25, 0.3) is 5.91 Å². The van der Waals surface area contributed by atoms with Crippen molar-refractivity contribution in [3.63, 3.8) is 0 Å². The summed E-state index contributed by atoms with van der Waals surface area (Å²) in [6.07, 6.45) is 1.59. The highest BCUT2D eigenvalue weighted by molar-refractivity contribution is 7.80. The Morgan fingerprint density at radius 3 is 2.15 bits per heavy atom. The largest absolute Gasteiger partial charge is 0.496 e. The van der Waals surface area contributed by atoms with E-state index in [2.05, 4.69) is 0 Å². The maximum atomic E-state index is 13.5. The van der Waals surface area contributed by atoms with E-state index in [1.165, 1.54) is 38.2 Å². The molecule has 180 valence electrons. The number of nitrogens with zero attached hydrogens (tertiary/aromatic N) is 2. The van der Waals surface area contributed by atoms with Gasteiger partial charge in [-0.2, -0.15) is 0 Å². The summed E-state index contributed by atoms with van der Waals surface area (Å²) < 4.78 is 26.5. The predicted molar refractivity (Wildman–Crippen MR) is 130 cm³/mol. The number of amides is 1. The van der Waals surface area contributed by atoms with E-state index in [4.69, 9.17) is 35.9 Å². The van der Waals surface area contributed by atoms with Gasteiger partial charge in [0, 0.05) is 11.6 Å². The van der Waals surface area contributed by atoms with Gasteiger partial charge >= 0.3 is 5.97 Å². The number of methoxy groups -OCH3 is 4. The molecule has 2 aromatic carbocycles. The Kier molecular flexibility index (Phi) is 7.95. The van der Waals surface area contributed by atoms with Crippen molar-refractivity contribution in [2.24, 2.45) is 0 Å². The lowest BCUT2D eigenvalue weighted by Crippen LogP contribution is -2.35. The summed E-state index contributed by atoms with van der Waals surface area (Å²) in [4.78, 5) is 28.4. The minimum absolute atomic E-state index is 0.144. The quantitative estimate of drug-likeness (QED) is 0.301. The highest BCUT2D eigenvalue weighted by Gasteiger charge is 2.40. The molecule has 0 radical (unpaired) electrons. The summed E-state index contributed by atoms with van der Waals surface area (Å²) >= 11 is 5.59. The average Bonchev–Trinajstić information content (AvgIpc) is 3.08. The molecule has 9 nitrogen and oxygen atoms in total. The van der Waals surface area contributed by atoms with Crippen LogP contribution in [0.15, 0.2) is 42.1 Å². The van der Waals surface area contributed by atoms with Crippen molar-refractivity contribution in [1.29, 1.82) is 0 Å². The Morgan fingerprint density at radius 2 is 1.59 bits per heavy atom. The number of hydrogen-bond acceptors (Lipinski definition) is 8. The van der Waals surface area contributed by atoms with Crippen molar-refractivity contribution in [2.45, 2.75) is 6.92 Å². The Balaban J connectivity index is 2.10. The van der Waals surface area contributed by atoms with E-state index in [0.717, 1.165) is 0 Å². The van der Waals surface area contributed by atoms with E-state index in [1.54, 1.807) is 42.5 Å². The second-order valence-corrected chi connectivity index (χ2v) is 7.36. The first-order valence-corrected chi connectivity index (χ1v) is 10.8. The van der Waals surface area contributed by atoms with Crippen LogP contribution in [-0.2, 0) is 14.3 Å². The van der Waals surface area contributed by atoms with E-state index < -0.39 is 11.9 Å². The Morgan fingerprint density at radius 1 is 0.971 bits per heavy atom. The number of rotatable bonds is 9. The second kappa shape index (κ2) is 10.9. The first kappa shape index (κ1) is 24.8. The van der Waals surface area contributed by atoms with E-state index in [-0.39, 0.29) is 17.4 Å². The summed E-state index contributed by atoms with van der Waals surface area (Å²) in [5.74, 6) is 1.08. The van der Waals surface area contributed by atoms with Gasteiger partial charge in [-0.05, 0) is 55.5 Å². The molecule has 0 N–H and O–H groups in total. The smallest absolute Gasteiger partial charge is 0.325 e. The van der Waals surface area contributed by atoms with Gasteiger partial charge in [-0.15, -0.1) is 0 Å². The lowest BCUT2D eigenvalue weighted by atomic mass is 10.1. The van der Waals surface area contributed by atoms with Crippen LogP contribution in [-0.4, -0.2) is 63.5 Å². The molecule has 1 aliphatic rings. The van der Waals surface area contributed by atoms with Crippen LogP contribution in [0.4, 0.5) is 5.69 Å². The fourth-order valence-corrected chi connectivity index (χ4v) is 3.78. The molecule has 10 heteroatoms. The monoisotopic (exact) mass is 486 g/mol. The third-order valence-electron chi connectivity index (χ3n) is 5.08. The predicted octanol–water partition coefficient (Wildman–Crippen LogP) is 3.26. The van der Waals surface area contributed by atoms with Crippen molar-refractivity contribution in [3.8, 4) is 23.0 Å². The lowest BCUT2D eigenvalue weighted by Gasteiger charge is -2.19. The highest BCUT2D eigenvalue weighted by atomic mass is 32.1. The number of carbonyl (C=O) groups is 2. The highest BCUT2D eigenvalue weighted by Crippen LogP contribution is 2.37. The third kappa shape index (κ3) is 4.91. The van der Waals surface area contributed by atoms with Crippen LogP contribution in [0, 0.1) is 0 Å². The molecule has 0 aromatic heterocycles. The standard InChI is InChI=1S/C24H26N2O7S/c1-6-33-17-9-7-16(8-10-17)26-23(28)18(25(24(26)34)14-22(27)32-5)11-15-12-20(30-3)21(31-4)13-19(15)29-2/h7-13H,6,14H2,1-5H3. The molecule has 3 rings (SSSR count). The molecule has 1 fully saturated rings. The van der Waals surface area contributed by atoms with E-state index in [1.807, 2.05) is 6.92 Å². The Labute approximate surface area is 203 Å². The van der Waals surface area contributed by atoms with Crippen LogP contribution in [0.1, 0.15) is 12.5 Å². The molecular formula is C24H26N2O7S. The normalized spacial score (nSPS) is 14.4. The molecule has 1 aliphatic heterocycles. The molecule has 0 spiro atoms. The maximum absolute atomic E-state index is 13.5. The number of esters is 1. The number of hydrogen-bond donors (Lipinski definition) is 0. The zero-order chi connectivity index (χ0) is 24.8. The third-order valence-corrected chi connectivity index (χ3v) is 5.49. The SMILES string of the molecule is CCOc1ccc(N2C(=O)C(=Cc3cc(OC)c(OC)cc3OC)N(CC(=O)OC)C2=S)cc1. The van der Waals surface area contributed by atoms with Gasteiger partial charge in [-0.25, -0.2) is 0 Å². The molecule has 1 saturated heterocycles. The van der Waals surface area contributed by atoms with Crippen LogP contribution in [0.2, 0.25) is 0 Å². The van der Waals surface area contributed by atoms with Gasteiger partial charge in [0.1, 0.15) is 23.7 Å². The molecule has 0 atom stereocenters. The molecule has 0 unspecified atom stereocenters. The van der Waals surface area contributed by atoms with Gasteiger partial charge in [-0.3, -0.25) is 14.5 Å². The van der Waals surface area contributed by atoms with E-state index in [0.29, 0.717) is 40.9 Å². The van der Waals surface area contributed by atoms with Gasteiger partial charge < -0.3 is 28.6 Å². The summed E-state index contributed by atoms with van der Waals surface area (Å²) in [6.45, 7) is 2.17. The molecule has 1 heterocycles. The number of benzene rings is 2. The molecule has 0 aliphatic carbocycles. The van der Waals surface area contributed by atoms with Gasteiger partial charge in [0.15, 0.2) is 16.6 Å². The molecule has 0 saturated carbocycles. The Hall–Kier alpha value is -3.79. The Bertz CT molecular complexity index is 1120. The maximum Gasteiger partial charge on any atom is 0.325 e. The number of thiocarbonyl (C=S) groups is 1. The molecule has 0 bridgehead atoms. The minimum Gasteiger partial charge on any atom is -0.496 e. The van der Waals surface area contributed by atoms with Crippen molar-refractivity contribution in [2.75, 3.05) is 46.5 Å². The first-order chi connectivity index (χ1) is 16.4. The molecular weight excluding hydrogens is 460 g/mol. The van der Waals surface area contributed by atoms with Gasteiger partial charge in [0.2, 0.25) is 0 Å². The summed E-state index contributed by atoms with van der Waals surface area (Å²) in [6, 6.07) is 10.3. The summed E-state index contributed by atoms with van der Waals surface area (Å²) in [7, 11) is 5.80. The topological polar surface area (TPSA) is 86.8 Å². The fraction of sp³-hybridized carbons (Fsp3) is 0.292. The summed E-state index contributed by atoms with van der Waals surface area (Å²) in [5.41, 5.74) is 1.25. The van der Waals surface area contributed by atoms with Crippen LogP contribution >= 0.6 is 12.2 Å². The number of anilines is 1. The molecule has 34 heavy (non-hydrogen) atoms. The fourth-order valence-electron chi connectivity index (χ4n) is 3.43. The van der Waals surface area contributed by atoms with Crippen LogP contribution in [0.5, 0.6) is 23.0 Å². The van der Waals surface area contributed by atoms with E-state index in [9.17, 15) is 9.59 Å². The number of ether oxygens (including phenoxy) is 5. The average molecular weight is 487 g/mol. The van der Waals surface area contributed by atoms with E-state index >= 15 is 0 Å². The molecule has 2 aromatic rings. The van der Waals surface area contributed by atoms with Crippen molar-refractivity contribution in [3.05, 3.63) is 47.7 Å². The van der Waals surface area contributed by atoms with Crippen molar-refractivity contribution < 1.29 is 33.3 Å². The number of carbonyl (C=O) groups excluding carboxylic acids is 2. The summed E-state index contributed by atoms with van der Waals surface area (Å²) in [5, 5.41) is 0.144. The molecule has 1 amide bonds. The van der Waals surface area contributed by atoms with Crippen LogP contribution in [0.25, 0.3) is 6.08 Å².